The fourth-order valence-corrected chi connectivity index (χ4v) is 1.49. The summed E-state index contributed by atoms with van der Waals surface area (Å²) in [5.41, 5.74) is 0. The van der Waals surface area contributed by atoms with Gasteiger partial charge in [-0.1, -0.05) is 72.6 Å². The lowest BCUT2D eigenvalue weighted by molar-refractivity contribution is -0.118. The highest BCUT2D eigenvalue weighted by molar-refractivity contribution is 5.77. The Balaban J connectivity index is 0. The van der Waals surface area contributed by atoms with Crippen molar-refractivity contribution in [3.8, 4) is 0 Å². The second kappa shape index (κ2) is 17.1. The van der Waals surface area contributed by atoms with Gasteiger partial charge in [-0.05, 0) is 6.42 Å². The number of ketones is 1. The van der Waals surface area contributed by atoms with Crippen molar-refractivity contribution in [2.45, 2.75) is 91.9 Å². The first kappa shape index (κ1) is 18.0. The van der Waals surface area contributed by atoms with E-state index in [0.29, 0.717) is 12.2 Å². The monoisotopic (exact) mass is 228 g/mol. The van der Waals surface area contributed by atoms with Crippen LogP contribution in [0.2, 0.25) is 0 Å². The number of carbonyl (C=O) groups is 1. The first-order valence-corrected chi connectivity index (χ1v) is 7.24. The van der Waals surface area contributed by atoms with E-state index in [-0.39, 0.29) is 0 Å². The minimum atomic E-state index is 0.377. The predicted molar refractivity (Wildman–Crippen MR) is 73.9 cm³/mol. The maximum absolute atomic E-state index is 10.4. The van der Waals surface area contributed by atoms with Gasteiger partial charge < -0.3 is 0 Å². The zero-order valence-electron chi connectivity index (χ0n) is 12.0. The Morgan fingerprint density at radius 3 is 1.38 bits per heavy atom. The number of carbonyl (C=O) groups excluding carboxylic acids is 1. The van der Waals surface area contributed by atoms with Gasteiger partial charge in [0.1, 0.15) is 5.78 Å². The van der Waals surface area contributed by atoms with E-state index in [1.807, 2.05) is 13.8 Å². The largest absolute Gasteiger partial charge is 0.300 e. The molecule has 0 aliphatic rings. The number of hydrogen-bond acceptors (Lipinski definition) is 1. The molecular weight excluding hydrogens is 196 g/mol. The molecule has 0 spiro atoms. The Kier molecular flexibility index (Phi) is 19.3. The third-order valence-electron chi connectivity index (χ3n) is 2.63. The van der Waals surface area contributed by atoms with Crippen molar-refractivity contribution in [1.29, 1.82) is 0 Å². The first-order valence-electron chi connectivity index (χ1n) is 7.24. The van der Waals surface area contributed by atoms with Crippen LogP contribution in [0.5, 0.6) is 0 Å². The minimum absolute atomic E-state index is 0.377. The second-order valence-corrected chi connectivity index (χ2v) is 4.41. The van der Waals surface area contributed by atoms with Crippen LogP contribution in [0.3, 0.4) is 0 Å². The standard InChI is InChI=1S/C9H20.C6H12O/c1-3-5-7-9-8-6-4-2;1-3-5-6(7)4-2/h3-9H2,1-2H3;3-5H2,1-2H3. The van der Waals surface area contributed by atoms with Crippen molar-refractivity contribution in [3.05, 3.63) is 0 Å². The molecule has 0 fully saturated rings. The zero-order chi connectivity index (χ0) is 12.6. The van der Waals surface area contributed by atoms with E-state index in [9.17, 15) is 4.79 Å². The summed E-state index contributed by atoms with van der Waals surface area (Å²) >= 11 is 0. The van der Waals surface area contributed by atoms with E-state index in [1.165, 1.54) is 44.9 Å². The molecule has 0 amide bonds. The normalized spacial score (nSPS) is 9.50. The lowest BCUT2D eigenvalue weighted by Gasteiger charge is -1.96. The van der Waals surface area contributed by atoms with Gasteiger partial charge in [-0.15, -0.1) is 0 Å². The van der Waals surface area contributed by atoms with Crippen molar-refractivity contribution in [1.82, 2.24) is 0 Å². The summed E-state index contributed by atoms with van der Waals surface area (Å²) in [6, 6.07) is 0. The Morgan fingerprint density at radius 1 is 0.688 bits per heavy atom. The molecule has 0 bridgehead atoms. The van der Waals surface area contributed by atoms with Gasteiger partial charge in [0.2, 0.25) is 0 Å². The number of Topliss-reactive ketones (excluding diaryl/α,β-unsaturated/α-hetero) is 1. The predicted octanol–water partition coefficient (Wildman–Crippen LogP) is 5.52. The minimum Gasteiger partial charge on any atom is -0.300 e. The molecular formula is C15H32O. The van der Waals surface area contributed by atoms with E-state index in [2.05, 4.69) is 13.8 Å². The van der Waals surface area contributed by atoms with Crippen LogP contribution in [-0.4, -0.2) is 5.78 Å². The fraction of sp³-hybridized carbons (Fsp3) is 0.933. The molecule has 0 heterocycles. The fourth-order valence-electron chi connectivity index (χ4n) is 1.49. The highest BCUT2D eigenvalue weighted by Gasteiger charge is 1.91. The Morgan fingerprint density at radius 2 is 1.12 bits per heavy atom. The lowest BCUT2D eigenvalue weighted by atomic mass is 10.1. The number of hydrogen-bond donors (Lipinski definition) is 0. The second-order valence-electron chi connectivity index (χ2n) is 4.41. The van der Waals surface area contributed by atoms with Crippen molar-refractivity contribution >= 4 is 5.78 Å². The summed E-state index contributed by atoms with van der Waals surface area (Å²) in [4.78, 5) is 10.4. The van der Waals surface area contributed by atoms with Gasteiger partial charge in [0.25, 0.3) is 0 Å². The Hall–Kier alpha value is -0.330. The zero-order valence-corrected chi connectivity index (χ0v) is 12.0. The third kappa shape index (κ3) is 19.3. The number of unbranched alkanes of at least 4 members (excludes halogenated alkanes) is 6. The van der Waals surface area contributed by atoms with E-state index in [4.69, 9.17) is 0 Å². The van der Waals surface area contributed by atoms with Gasteiger partial charge in [-0.2, -0.15) is 0 Å². The highest BCUT2D eigenvalue weighted by Crippen LogP contribution is 2.05. The van der Waals surface area contributed by atoms with Crippen LogP contribution < -0.4 is 0 Å². The molecule has 0 saturated heterocycles. The van der Waals surface area contributed by atoms with Gasteiger partial charge in [0.15, 0.2) is 0 Å². The average Bonchev–Trinajstić information content (AvgIpc) is 2.30. The van der Waals surface area contributed by atoms with E-state index < -0.39 is 0 Å². The molecule has 0 aromatic rings. The summed E-state index contributed by atoms with van der Waals surface area (Å²) < 4.78 is 0. The van der Waals surface area contributed by atoms with E-state index >= 15 is 0 Å². The summed E-state index contributed by atoms with van der Waals surface area (Å²) in [7, 11) is 0. The van der Waals surface area contributed by atoms with Crippen LogP contribution in [0.4, 0.5) is 0 Å². The van der Waals surface area contributed by atoms with Crippen LogP contribution in [0.25, 0.3) is 0 Å². The van der Waals surface area contributed by atoms with Gasteiger partial charge in [-0.3, -0.25) is 4.79 Å². The van der Waals surface area contributed by atoms with Crippen LogP contribution in [-0.2, 0) is 4.79 Å². The van der Waals surface area contributed by atoms with Gasteiger partial charge in [-0.25, -0.2) is 0 Å². The van der Waals surface area contributed by atoms with E-state index in [1.54, 1.807) is 0 Å². The van der Waals surface area contributed by atoms with Crippen molar-refractivity contribution in [2.75, 3.05) is 0 Å². The van der Waals surface area contributed by atoms with Gasteiger partial charge in [0.05, 0.1) is 0 Å². The summed E-state index contributed by atoms with van der Waals surface area (Å²) in [6.45, 7) is 8.45. The molecule has 0 saturated carbocycles. The van der Waals surface area contributed by atoms with Crippen molar-refractivity contribution in [2.24, 2.45) is 0 Å². The molecule has 0 aromatic carbocycles. The van der Waals surface area contributed by atoms with Crippen LogP contribution in [0, 0.1) is 0 Å². The maximum atomic E-state index is 10.4. The molecule has 0 aromatic heterocycles. The van der Waals surface area contributed by atoms with Crippen molar-refractivity contribution in [3.63, 3.8) is 0 Å². The van der Waals surface area contributed by atoms with Crippen molar-refractivity contribution < 1.29 is 4.79 Å². The molecule has 0 aliphatic heterocycles. The molecule has 0 N–H and O–H groups in total. The molecule has 98 valence electrons. The van der Waals surface area contributed by atoms with Crippen LogP contribution >= 0.6 is 0 Å². The maximum Gasteiger partial charge on any atom is 0.132 e. The highest BCUT2D eigenvalue weighted by atomic mass is 16.1. The number of rotatable bonds is 9. The average molecular weight is 228 g/mol. The lowest BCUT2D eigenvalue weighted by Crippen LogP contribution is -1.91. The quantitative estimate of drug-likeness (QED) is 0.475. The molecule has 1 heteroatoms. The topological polar surface area (TPSA) is 17.1 Å². The summed E-state index contributed by atoms with van der Waals surface area (Å²) in [5.74, 6) is 0.377. The summed E-state index contributed by atoms with van der Waals surface area (Å²) in [6.07, 6.45) is 12.4. The van der Waals surface area contributed by atoms with Gasteiger partial charge >= 0.3 is 0 Å². The molecule has 0 unspecified atom stereocenters. The Labute approximate surface area is 103 Å². The Bertz CT molecular complexity index is 123. The van der Waals surface area contributed by atoms with E-state index in [0.717, 1.165) is 12.8 Å². The molecule has 16 heavy (non-hydrogen) atoms. The van der Waals surface area contributed by atoms with Crippen LogP contribution in [0.15, 0.2) is 0 Å². The third-order valence-corrected chi connectivity index (χ3v) is 2.63. The summed E-state index contributed by atoms with van der Waals surface area (Å²) in [5, 5.41) is 0. The smallest absolute Gasteiger partial charge is 0.132 e. The molecule has 0 radical (unpaired) electrons. The van der Waals surface area contributed by atoms with Gasteiger partial charge in [0, 0.05) is 12.8 Å². The SMILES string of the molecule is CCCC(=O)CC.CCCCCCCCC. The molecule has 0 aliphatic carbocycles. The van der Waals surface area contributed by atoms with Crippen LogP contribution in [0.1, 0.15) is 91.9 Å². The molecule has 0 rings (SSSR count). The molecule has 0 atom stereocenters. The molecule has 1 nitrogen and oxygen atoms in total. The first-order chi connectivity index (χ1) is 7.72.